The first-order valence-corrected chi connectivity index (χ1v) is 8.31. The third-order valence-electron chi connectivity index (χ3n) is 4.44. The van der Waals surface area contributed by atoms with Crippen molar-refractivity contribution in [1.82, 2.24) is 9.47 Å². The third kappa shape index (κ3) is 3.88. The van der Waals surface area contributed by atoms with Gasteiger partial charge < -0.3 is 14.0 Å². The molecule has 1 aromatic heterocycles. The summed E-state index contributed by atoms with van der Waals surface area (Å²) in [6, 6.07) is 4.20. The van der Waals surface area contributed by atoms with E-state index in [-0.39, 0.29) is 11.4 Å². The number of carbonyl (C=O) groups is 2. The molecule has 7 heteroatoms. The first-order chi connectivity index (χ1) is 12.1. The molecule has 0 radical (unpaired) electrons. The Kier molecular flexibility index (Phi) is 5.45. The number of rotatable bonds is 6. The molecule has 1 fully saturated rings. The summed E-state index contributed by atoms with van der Waals surface area (Å²) < 4.78 is 25.3. The van der Waals surface area contributed by atoms with E-state index in [0.29, 0.717) is 17.4 Å². The molecule has 6 nitrogen and oxygen atoms in total. The topological polar surface area (TPSA) is 60.8 Å². The maximum Gasteiger partial charge on any atom is 0.379 e. The van der Waals surface area contributed by atoms with Gasteiger partial charge in [-0.15, -0.1) is 0 Å². The number of esters is 1. The van der Waals surface area contributed by atoms with Gasteiger partial charge in [-0.3, -0.25) is 9.69 Å². The number of methoxy groups -OCH3 is 1. The zero-order valence-electron chi connectivity index (χ0n) is 14.2. The number of aryl methyl sites for hydroxylation is 1. The van der Waals surface area contributed by atoms with Crippen molar-refractivity contribution in [1.29, 1.82) is 0 Å². The molecule has 0 unspecified atom stereocenters. The fourth-order valence-electron chi connectivity index (χ4n) is 3.12. The molecule has 25 heavy (non-hydrogen) atoms. The number of nitrogens with zero attached hydrogens (tertiary/aromatic N) is 2. The quantitative estimate of drug-likeness (QED) is 0.453. The van der Waals surface area contributed by atoms with E-state index in [0.717, 1.165) is 39.3 Å². The van der Waals surface area contributed by atoms with Gasteiger partial charge in [-0.25, -0.2) is 9.18 Å². The van der Waals surface area contributed by atoms with Crippen LogP contribution in [-0.4, -0.2) is 61.2 Å². The van der Waals surface area contributed by atoms with Crippen molar-refractivity contribution < 1.29 is 23.5 Å². The summed E-state index contributed by atoms with van der Waals surface area (Å²) in [5.41, 5.74) is 0.849. The lowest BCUT2D eigenvalue weighted by molar-refractivity contribution is -0.135. The van der Waals surface area contributed by atoms with Crippen molar-refractivity contribution in [3.63, 3.8) is 0 Å². The van der Waals surface area contributed by atoms with Crippen molar-refractivity contribution in [3.8, 4) is 0 Å². The molecule has 0 bridgehead atoms. The summed E-state index contributed by atoms with van der Waals surface area (Å²) in [6.07, 6.45) is 2.47. The molecule has 3 rings (SSSR count). The summed E-state index contributed by atoms with van der Waals surface area (Å²) in [5.74, 6) is -2.01. The largest absolute Gasteiger partial charge is 0.463 e. The Morgan fingerprint density at radius 2 is 2.00 bits per heavy atom. The minimum atomic E-state index is -0.920. The van der Waals surface area contributed by atoms with Gasteiger partial charge in [-0.05, 0) is 24.6 Å². The lowest BCUT2D eigenvalue weighted by Gasteiger charge is -2.26. The van der Waals surface area contributed by atoms with Crippen LogP contribution in [0.25, 0.3) is 10.9 Å². The first kappa shape index (κ1) is 17.6. The number of hydrogen-bond acceptors (Lipinski definition) is 5. The van der Waals surface area contributed by atoms with Crippen molar-refractivity contribution in [3.05, 3.63) is 35.8 Å². The van der Waals surface area contributed by atoms with Gasteiger partial charge in [-0.2, -0.15) is 0 Å². The lowest BCUT2D eigenvalue weighted by atomic mass is 10.1. The monoisotopic (exact) mass is 348 g/mol. The molecule has 0 spiro atoms. The Balaban J connectivity index is 1.80. The Hall–Kier alpha value is -2.25. The Labute approximate surface area is 145 Å². The molecule has 2 aromatic rings. The highest BCUT2D eigenvalue weighted by molar-refractivity contribution is 6.42. The number of ketones is 1. The molecule has 2 heterocycles. The second-order valence-corrected chi connectivity index (χ2v) is 6.03. The van der Waals surface area contributed by atoms with Crippen LogP contribution in [0.5, 0.6) is 0 Å². The number of ether oxygens (including phenoxy) is 2. The van der Waals surface area contributed by atoms with Gasteiger partial charge in [0.2, 0.25) is 0 Å². The standard InChI is InChI=1S/C18H21FN2O4/c1-24-18(23)17(22)15-12-21(16-11-13(19)3-4-14(15)16)6-2-5-20-7-9-25-10-8-20/h3-4,11-12H,2,5-10H2,1H3. The van der Waals surface area contributed by atoms with Crippen molar-refractivity contribution in [2.45, 2.75) is 13.0 Å². The van der Waals surface area contributed by atoms with Crippen LogP contribution in [0.4, 0.5) is 4.39 Å². The molecule has 0 aliphatic carbocycles. The Morgan fingerprint density at radius 1 is 1.24 bits per heavy atom. The van der Waals surface area contributed by atoms with Gasteiger partial charge in [0.25, 0.3) is 5.78 Å². The molecule has 1 saturated heterocycles. The normalized spacial score (nSPS) is 15.4. The van der Waals surface area contributed by atoms with Crippen LogP contribution < -0.4 is 0 Å². The number of aromatic nitrogens is 1. The summed E-state index contributed by atoms with van der Waals surface area (Å²) in [7, 11) is 1.17. The summed E-state index contributed by atoms with van der Waals surface area (Å²) in [5, 5.41) is 0.558. The van der Waals surface area contributed by atoms with Crippen LogP contribution in [0.3, 0.4) is 0 Å². The lowest BCUT2D eigenvalue weighted by Crippen LogP contribution is -2.37. The van der Waals surface area contributed by atoms with E-state index in [1.807, 2.05) is 4.57 Å². The molecule has 134 valence electrons. The van der Waals surface area contributed by atoms with Crippen LogP contribution in [-0.2, 0) is 20.8 Å². The molecular formula is C18H21FN2O4. The van der Waals surface area contributed by atoms with E-state index in [1.165, 1.54) is 25.3 Å². The number of carbonyl (C=O) groups excluding carboxylic acids is 2. The first-order valence-electron chi connectivity index (χ1n) is 8.31. The average molecular weight is 348 g/mol. The van der Waals surface area contributed by atoms with Gasteiger partial charge in [-0.1, -0.05) is 0 Å². The smallest absolute Gasteiger partial charge is 0.379 e. The average Bonchev–Trinajstić information content (AvgIpc) is 2.99. The van der Waals surface area contributed by atoms with Gasteiger partial charge in [0.15, 0.2) is 0 Å². The minimum absolute atomic E-state index is 0.244. The van der Waals surface area contributed by atoms with Gasteiger partial charge in [0.1, 0.15) is 5.82 Å². The minimum Gasteiger partial charge on any atom is -0.463 e. The predicted octanol–water partition coefficient (Wildman–Crippen LogP) is 1.86. The fraction of sp³-hybridized carbons (Fsp3) is 0.444. The molecule has 0 N–H and O–H groups in total. The van der Waals surface area contributed by atoms with Gasteiger partial charge in [0, 0.05) is 37.8 Å². The summed E-state index contributed by atoms with van der Waals surface area (Å²) in [6.45, 7) is 4.84. The molecule has 1 aliphatic rings. The number of benzene rings is 1. The molecular weight excluding hydrogens is 327 g/mol. The van der Waals surface area contributed by atoms with Crippen LogP contribution in [0.15, 0.2) is 24.4 Å². The molecule has 1 aliphatic heterocycles. The highest BCUT2D eigenvalue weighted by Crippen LogP contribution is 2.24. The maximum atomic E-state index is 13.7. The van der Waals surface area contributed by atoms with Gasteiger partial charge >= 0.3 is 5.97 Å². The molecule has 1 aromatic carbocycles. The van der Waals surface area contributed by atoms with Crippen molar-refractivity contribution in [2.24, 2.45) is 0 Å². The summed E-state index contributed by atoms with van der Waals surface area (Å²) >= 11 is 0. The predicted molar refractivity (Wildman–Crippen MR) is 90.1 cm³/mol. The summed E-state index contributed by atoms with van der Waals surface area (Å²) in [4.78, 5) is 26.1. The van der Waals surface area contributed by atoms with Crippen LogP contribution in [0.1, 0.15) is 16.8 Å². The van der Waals surface area contributed by atoms with Gasteiger partial charge in [0.05, 0.1) is 31.4 Å². The van der Waals surface area contributed by atoms with E-state index in [9.17, 15) is 14.0 Å². The SMILES string of the molecule is COC(=O)C(=O)c1cn(CCCN2CCOCC2)c2cc(F)ccc12. The van der Waals surface area contributed by atoms with Crippen LogP contribution in [0, 0.1) is 5.82 Å². The Morgan fingerprint density at radius 3 is 2.72 bits per heavy atom. The maximum absolute atomic E-state index is 13.7. The van der Waals surface area contributed by atoms with E-state index in [4.69, 9.17) is 4.74 Å². The van der Waals surface area contributed by atoms with Crippen molar-refractivity contribution >= 4 is 22.7 Å². The fourth-order valence-corrected chi connectivity index (χ4v) is 3.12. The number of morpholine rings is 1. The zero-order valence-corrected chi connectivity index (χ0v) is 14.2. The molecule has 0 atom stereocenters. The number of fused-ring (bicyclic) bond motifs is 1. The number of Topliss-reactive ketones (excluding diaryl/α,β-unsaturated/α-hetero) is 1. The highest BCUT2D eigenvalue weighted by Gasteiger charge is 2.22. The second-order valence-electron chi connectivity index (χ2n) is 6.03. The second kappa shape index (κ2) is 7.76. The molecule has 0 saturated carbocycles. The van der Waals surface area contributed by atoms with Crippen LogP contribution >= 0.6 is 0 Å². The number of hydrogen-bond donors (Lipinski definition) is 0. The van der Waals surface area contributed by atoms with E-state index < -0.39 is 11.8 Å². The Bertz CT molecular complexity index is 781. The highest BCUT2D eigenvalue weighted by atomic mass is 19.1. The number of halogens is 1. The van der Waals surface area contributed by atoms with E-state index >= 15 is 0 Å². The third-order valence-corrected chi connectivity index (χ3v) is 4.44. The van der Waals surface area contributed by atoms with E-state index in [2.05, 4.69) is 9.64 Å². The molecule has 0 amide bonds. The van der Waals surface area contributed by atoms with Crippen LogP contribution in [0.2, 0.25) is 0 Å². The van der Waals surface area contributed by atoms with E-state index in [1.54, 1.807) is 6.20 Å². The zero-order chi connectivity index (χ0) is 17.8. The van der Waals surface area contributed by atoms with Crippen molar-refractivity contribution in [2.75, 3.05) is 40.0 Å².